The lowest BCUT2D eigenvalue weighted by Gasteiger charge is -2.12. The summed E-state index contributed by atoms with van der Waals surface area (Å²) in [5.74, 6) is 0.572. The third-order valence-electron chi connectivity index (χ3n) is 3.48. The van der Waals surface area contributed by atoms with E-state index in [0.717, 1.165) is 16.7 Å². The van der Waals surface area contributed by atoms with Gasteiger partial charge in [-0.3, -0.25) is 0 Å². The zero-order valence-corrected chi connectivity index (χ0v) is 12.3. The Morgan fingerprint density at radius 2 is 2.00 bits per heavy atom. The van der Waals surface area contributed by atoms with Crippen LogP contribution in [0, 0.1) is 5.82 Å². The second kappa shape index (κ2) is 5.88. The maximum Gasteiger partial charge on any atom is 0.134 e. The van der Waals surface area contributed by atoms with Gasteiger partial charge in [-0.25, -0.2) is 4.39 Å². The summed E-state index contributed by atoms with van der Waals surface area (Å²) in [5.41, 5.74) is 1.40. The van der Waals surface area contributed by atoms with Gasteiger partial charge >= 0.3 is 0 Å². The van der Waals surface area contributed by atoms with Crippen LogP contribution in [0.15, 0.2) is 52.9 Å². The second-order valence-electron chi connectivity index (χ2n) is 5.02. The molecule has 2 aromatic carbocycles. The first kappa shape index (κ1) is 14.1. The van der Waals surface area contributed by atoms with Gasteiger partial charge in [0.15, 0.2) is 0 Å². The molecule has 0 aliphatic rings. The Hall–Kier alpha value is -1.84. The summed E-state index contributed by atoms with van der Waals surface area (Å²) in [6.07, 6.45) is 0. The van der Waals surface area contributed by atoms with E-state index in [9.17, 15) is 4.39 Å². The first-order valence-electron chi connectivity index (χ1n) is 6.79. The molecule has 0 saturated heterocycles. The number of para-hydroxylation sites is 1. The molecule has 21 heavy (non-hydrogen) atoms. The van der Waals surface area contributed by atoms with Gasteiger partial charge in [0, 0.05) is 22.5 Å². The highest BCUT2D eigenvalue weighted by atomic mass is 35.5. The average molecular weight is 304 g/mol. The first-order valence-corrected chi connectivity index (χ1v) is 7.17. The van der Waals surface area contributed by atoms with Gasteiger partial charge in [-0.1, -0.05) is 29.8 Å². The molecule has 1 atom stereocenters. The predicted octanol–water partition coefficient (Wildman–Crippen LogP) is 5.08. The number of furan rings is 1. The molecule has 1 heterocycles. The van der Waals surface area contributed by atoms with Gasteiger partial charge in [0.05, 0.1) is 6.04 Å². The molecular weight excluding hydrogens is 289 g/mol. The van der Waals surface area contributed by atoms with Gasteiger partial charge in [0.1, 0.15) is 17.2 Å². The smallest absolute Gasteiger partial charge is 0.134 e. The van der Waals surface area contributed by atoms with Crippen molar-refractivity contribution in [2.24, 2.45) is 0 Å². The van der Waals surface area contributed by atoms with E-state index < -0.39 is 0 Å². The molecule has 2 nitrogen and oxygen atoms in total. The van der Waals surface area contributed by atoms with Crippen LogP contribution in [0.4, 0.5) is 4.39 Å². The van der Waals surface area contributed by atoms with Gasteiger partial charge in [0.2, 0.25) is 0 Å². The molecule has 1 unspecified atom stereocenters. The van der Waals surface area contributed by atoms with Crippen LogP contribution in [-0.2, 0) is 6.54 Å². The van der Waals surface area contributed by atoms with Crippen LogP contribution in [0.5, 0.6) is 0 Å². The minimum atomic E-state index is -0.260. The van der Waals surface area contributed by atoms with Crippen LogP contribution >= 0.6 is 11.6 Å². The summed E-state index contributed by atoms with van der Waals surface area (Å²) < 4.78 is 19.5. The topological polar surface area (TPSA) is 25.2 Å². The lowest BCUT2D eigenvalue weighted by atomic mass is 10.1. The third kappa shape index (κ3) is 3.09. The van der Waals surface area contributed by atoms with Gasteiger partial charge in [0.25, 0.3) is 0 Å². The molecule has 0 fully saturated rings. The Kier molecular flexibility index (Phi) is 3.95. The zero-order chi connectivity index (χ0) is 14.8. The number of fused-ring (bicyclic) bond motifs is 1. The summed E-state index contributed by atoms with van der Waals surface area (Å²) in [4.78, 5) is 0. The summed E-state index contributed by atoms with van der Waals surface area (Å²) >= 11 is 5.89. The lowest BCUT2D eigenvalue weighted by Crippen LogP contribution is -2.18. The number of rotatable bonds is 4. The summed E-state index contributed by atoms with van der Waals surface area (Å²) in [7, 11) is 0. The minimum absolute atomic E-state index is 0.0178. The maximum absolute atomic E-state index is 13.7. The summed E-state index contributed by atoms with van der Waals surface area (Å²) in [6.45, 7) is 2.38. The summed E-state index contributed by atoms with van der Waals surface area (Å²) in [6, 6.07) is 14.4. The van der Waals surface area contributed by atoms with E-state index in [0.29, 0.717) is 17.1 Å². The molecule has 3 rings (SSSR count). The molecule has 108 valence electrons. The average Bonchev–Trinajstić information content (AvgIpc) is 2.92. The predicted molar refractivity (Wildman–Crippen MR) is 82.9 cm³/mol. The Labute approximate surface area is 127 Å². The van der Waals surface area contributed by atoms with Crippen molar-refractivity contribution in [1.29, 1.82) is 0 Å². The molecule has 0 saturated carbocycles. The van der Waals surface area contributed by atoms with E-state index in [1.54, 1.807) is 12.1 Å². The lowest BCUT2D eigenvalue weighted by molar-refractivity contribution is 0.446. The highest BCUT2D eigenvalue weighted by molar-refractivity contribution is 6.30. The number of hydrogen-bond donors (Lipinski definition) is 1. The molecule has 0 aliphatic carbocycles. The van der Waals surface area contributed by atoms with E-state index in [4.69, 9.17) is 16.0 Å². The fourth-order valence-corrected chi connectivity index (χ4v) is 2.45. The first-order chi connectivity index (χ1) is 10.1. The standard InChI is InChI=1S/C17H15ClFNO/c1-11(17-9-12-4-2-3-5-16(12)21-17)20-10-13-8-14(18)6-7-15(13)19/h2-9,11,20H,10H2,1H3. The molecule has 0 spiro atoms. The molecule has 1 N–H and O–H groups in total. The van der Waals surface area contributed by atoms with Crippen molar-refractivity contribution in [3.05, 3.63) is 70.7 Å². The molecule has 1 aromatic heterocycles. The number of nitrogens with one attached hydrogen (secondary N) is 1. The Morgan fingerprint density at radius 3 is 2.81 bits per heavy atom. The number of benzene rings is 2. The van der Waals surface area contributed by atoms with Crippen LogP contribution in [0.1, 0.15) is 24.3 Å². The van der Waals surface area contributed by atoms with Crippen molar-refractivity contribution < 1.29 is 8.81 Å². The van der Waals surface area contributed by atoms with E-state index >= 15 is 0 Å². The van der Waals surface area contributed by atoms with Crippen LogP contribution in [-0.4, -0.2) is 0 Å². The quantitative estimate of drug-likeness (QED) is 0.727. The van der Waals surface area contributed by atoms with Crippen molar-refractivity contribution in [3.63, 3.8) is 0 Å². The molecular formula is C17H15ClFNO. The monoisotopic (exact) mass is 303 g/mol. The minimum Gasteiger partial charge on any atom is -0.459 e. The van der Waals surface area contributed by atoms with Crippen LogP contribution in [0.2, 0.25) is 5.02 Å². The van der Waals surface area contributed by atoms with Crippen molar-refractivity contribution in [3.8, 4) is 0 Å². The Balaban J connectivity index is 1.74. The molecule has 0 bridgehead atoms. The van der Waals surface area contributed by atoms with Crippen molar-refractivity contribution in [2.75, 3.05) is 0 Å². The molecule has 0 aliphatic heterocycles. The van der Waals surface area contributed by atoms with Crippen LogP contribution in [0.25, 0.3) is 11.0 Å². The molecule has 3 aromatic rings. The molecule has 0 radical (unpaired) electrons. The van der Waals surface area contributed by atoms with Crippen molar-refractivity contribution >= 4 is 22.6 Å². The Morgan fingerprint density at radius 1 is 1.19 bits per heavy atom. The van der Waals surface area contributed by atoms with Gasteiger partial charge in [-0.15, -0.1) is 0 Å². The van der Waals surface area contributed by atoms with E-state index in [-0.39, 0.29) is 11.9 Å². The SMILES string of the molecule is CC(NCc1cc(Cl)ccc1F)c1cc2ccccc2o1. The van der Waals surface area contributed by atoms with E-state index in [1.165, 1.54) is 6.07 Å². The Bertz CT molecular complexity index is 735. The highest BCUT2D eigenvalue weighted by Gasteiger charge is 2.12. The van der Waals surface area contributed by atoms with Crippen molar-refractivity contribution in [1.82, 2.24) is 5.32 Å². The maximum atomic E-state index is 13.7. The van der Waals surface area contributed by atoms with E-state index in [1.807, 2.05) is 37.3 Å². The normalized spacial score (nSPS) is 12.7. The molecule has 0 amide bonds. The molecule has 4 heteroatoms. The largest absolute Gasteiger partial charge is 0.459 e. The fraction of sp³-hybridized carbons (Fsp3) is 0.176. The van der Waals surface area contributed by atoms with Gasteiger partial charge in [-0.05, 0) is 37.3 Å². The van der Waals surface area contributed by atoms with Crippen LogP contribution in [0.3, 0.4) is 0 Å². The fourth-order valence-electron chi connectivity index (χ4n) is 2.26. The zero-order valence-electron chi connectivity index (χ0n) is 11.6. The number of halogens is 2. The van der Waals surface area contributed by atoms with Crippen LogP contribution < -0.4 is 5.32 Å². The second-order valence-corrected chi connectivity index (χ2v) is 5.46. The van der Waals surface area contributed by atoms with Gasteiger partial charge < -0.3 is 9.73 Å². The van der Waals surface area contributed by atoms with Crippen molar-refractivity contribution in [2.45, 2.75) is 19.5 Å². The highest BCUT2D eigenvalue weighted by Crippen LogP contribution is 2.24. The van der Waals surface area contributed by atoms with E-state index in [2.05, 4.69) is 5.32 Å². The number of hydrogen-bond acceptors (Lipinski definition) is 2. The van der Waals surface area contributed by atoms with Gasteiger partial charge in [-0.2, -0.15) is 0 Å². The third-order valence-corrected chi connectivity index (χ3v) is 3.71. The summed E-state index contributed by atoms with van der Waals surface area (Å²) in [5, 5.41) is 4.85.